The molecule has 1 N–H and O–H groups in total. The van der Waals surface area contributed by atoms with Crippen molar-refractivity contribution in [1.29, 1.82) is 0 Å². The maximum absolute atomic E-state index is 13.8. The number of hydrogen-bond donors (Lipinski definition) is 1. The van der Waals surface area contributed by atoms with Gasteiger partial charge in [-0.3, -0.25) is 0 Å². The Morgan fingerprint density at radius 1 is 1.13 bits per heavy atom. The summed E-state index contributed by atoms with van der Waals surface area (Å²) < 4.78 is 37.9. The van der Waals surface area contributed by atoms with Crippen LogP contribution in [0, 0.1) is 11.6 Å². The average molecular weight is 322 g/mol. The molecule has 0 atom stereocenters. The number of unbranched alkanes of at least 4 members (excludes halogenated alkanes) is 1. The highest BCUT2D eigenvalue weighted by Gasteiger charge is 2.20. The molecule has 0 bridgehead atoms. The van der Waals surface area contributed by atoms with Crippen molar-refractivity contribution in [3.05, 3.63) is 53.6 Å². The zero-order valence-corrected chi connectivity index (χ0v) is 12.5. The van der Waals surface area contributed by atoms with Crippen molar-refractivity contribution < 1.29 is 28.2 Å². The van der Waals surface area contributed by atoms with E-state index in [0.717, 1.165) is 18.9 Å². The Morgan fingerprint density at radius 2 is 1.83 bits per heavy atom. The van der Waals surface area contributed by atoms with E-state index in [1.54, 1.807) is 0 Å². The lowest BCUT2D eigenvalue weighted by molar-refractivity contribution is 0.0693. The van der Waals surface area contributed by atoms with Crippen LogP contribution < -0.4 is 9.47 Å². The average Bonchev–Trinajstić information content (AvgIpc) is 2.53. The lowest BCUT2D eigenvalue weighted by atomic mass is 10.2. The molecule has 122 valence electrons. The van der Waals surface area contributed by atoms with Crippen LogP contribution in [0.4, 0.5) is 8.78 Å². The molecule has 0 aliphatic rings. The number of ether oxygens (including phenoxy) is 2. The number of rotatable bonds is 7. The van der Waals surface area contributed by atoms with Crippen molar-refractivity contribution in [2.75, 3.05) is 6.61 Å². The zero-order chi connectivity index (χ0) is 16.8. The molecule has 0 aliphatic heterocycles. The Morgan fingerprint density at radius 3 is 2.52 bits per heavy atom. The molecular weight excluding hydrogens is 306 g/mol. The molecule has 0 aromatic heterocycles. The topological polar surface area (TPSA) is 55.8 Å². The Hall–Kier alpha value is -2.63. The lowest BCUT2D eigenvalue weighted by Crippen LogP contribution is -2.05. The number of carboxylic acids is 1. The van der Waals surface area contributed by atoms with Crippen molar-refractivity contribution in [2.45, 2.75) is 19.8 Å². The van der Waals surface area contributed by atoms with Gasteiger partial charge in [-0.15, -0.1) is 0 Å². The lowest BCUT2D eigenvalue weighted by Gasteiger charge is -2.15. The quantitative estimate of drug-likeness (QED) is 0.755. The molecule has 2 aromatic rings. The molecule has 0 saturated carbocycles. The molecule has 4 nitrogen and oxygen atoms in total. The van der Waals surface area contributed by atoms with E-state index < -0.39 is 23.4 Å². The normalized spacial score (nSPS) is 10.4. The number of carboxylic acid groups (broad SMARTS) is 1. The molecule has 0 fully saturated rings. The molecule has 23 heavy (non-hydrogen) atoms. The molecule has 0 amide bonds. The van der Waals surface area contributed by atoms with Gasteiger partial charge in [-0.2, -0.15) is 4.39 Å². The zero-order valence-electron chi connectivity index (χ0n) is 12.5. The van der Waals surface area contributed by atoms with Crippen molar-refractivity contribution in [3.8, 4) is 17.2 Å². The summed E-state index contributed by atoms with van der Waals surface area (Å²) in [4.78, 5) is 11.3. The van der Waals surface area contributed by atoms with E-state index in [-0.39, 0.29) is 17.1 Å². The van der Waals surface area contributed by atoms with Gasteiger partial charge in [-0.1, -0.05) is 25.5 Å². The van der Waals surface area contributed by atoms with E-state index in [1.165, 1.54) is 30.3 Å². The van der Waals surface area contributed by atoms with Gasteiger partial charge in [0.2, 0.25) is 5.82 Å². The number of hydrogen-bond acceptors (Lipinski definition) is 3. The highest BCUT2D eigenvalue weighted by atomic mass is 19.2. The van der Waals surface area contributed by atoms with Gasteiger partial charge in [0.05, 0.1) is 6.61 Å². The first kappa shape index (κ1) is 16.7. The number of carbonyl (C=O) groups is 1. The number of para-hydroxylation sites is 1. The summed E-state index contributed by atoms with van der Waals surface area (Å²) in [7, 11) is 0. The predicted molar refractivity (Wildman–Crippen MR) is 80.2 cm³/mol. The van der Waals surface area contributed by atoms with Crippen LogP contribution in [-0.4, -0.2) is 17.7 Å². The van der Waals surface area contributed by atoms with Crippen LogP contribution in [0.5, 0.6) is 17.2 Å². The predicted octanol–water partition coefficient (Wildman–Crippen LogP) is 4.63. The van der Waals surface area contributed by atoms with Crippen LogP contribution in [0.2, 0.25) is 0 Å². The molecule has 0 spiro atoms. The van der Waals surface area contributed by atoms with Gasteiger partial charge in [0.1, 0.15) is 5.56 Å². The van der Waals surface area contributed by atoms with Crippen molar-refractivity contribution in [2.24, 2.45) is 0 Å². The van der Waals surface area contributed by atoms with Gasteiger partial charge in [-0.05, 0) is 30.7 Å². The highest BCUT2D eigenvalue weighted by Crippen LogP contribution is 2.36. The smallest absolute Gasteiger partial charge is 0.339 e. The van der Waals surface area contributed by atoms with Crippen LogP contribution in [0.25, 0.3) is 0 Å². The van der Waals surface area contributed by atoms with E-state index >= 15 is 0 Å². The number of benzene rings is 2. The van der Waals surface area contributed by atoms with E-state index in [9.17, 15) is 18.7 Å². The van der Waals surface area contributed by atoms with Gasteiger partial charge in [0.15, 0.2) is 23.1 Å². The molecule has 2 aromatic carbocycles. The van der Waals surface area contributed by atoms with E-state index in [4.69, 9.17) is 9.47 Å². The first-order valence-electron chi connectivity index (χ1n) is 7.15. The SMILES string of the molecule is CCCCOc1cccc(C(=O)O)c1Oc1cccc(F)c1F. The standard InChI is InChI=1S/C17H16F2O4/c1-2-3-10-22-14-9-4-6-11(17(20)21)16(14)23-13-8-5-7-12(18)15(13)19/h4-9H,2-3,10H2,1H3,(H,20,21). The van der Waals surface area contributed by atoms with Crippen LogP contribution >= 0.6 is 0 Å². The molecule has 0 aliphatic carbocycles. The van der Waals surface area contributed by atoms with Gasteiger partial charge in [-0.25, -0.2) is 9.18 Å². The monoisotopic (exact) mass is 322 g/mol. The van der Waals surface area contributed by atoms with Gasteiger partial charge < -0.3 is 14.6 Å². The summed E-state index contributed by atoms with van der Waals surface area (Å²) in [6, 6.07) is 7.77. The van der Waals surface area contributed by atoms with Gasteiger partial charge in [0, 0.05) is 0 Å². The highest BCUT2D eigenvalue weighted by molar-refractivity contribution is 5.92. The van der Waals surface area contributed by atoms with Crippen molar-refractivity contribution in [3.63, 3.8) is 0 Å². The molecule has 0 heterocycles. The summed E-state index contributed by atoms with van der Waals surface area (Å²) in [6.07, 6.45) is 1.67. The minimum absolute atomic E-state index is 0.152. The fourth-order valence-corrected chi connectivity index (χ4v) is 1.90. The third kappa shape index (κ3) is 3.97. The van der Waals surface area contributed by atoms with E-state index in [0.29, 0.717) is 6.61 Å². The molecular formula is C17H16F2O4. The van der Waals surface area contributed by atoms with E-state index in [1.807, 2.05) is 6.92 Å². The third-order valence-corrected chi connectivity index (χ3v) is 3.09. The maximum Gasteiger partial charge on any atom is 0.339 e. The second kappa shape index (κ2) is 7.58. The second-order valence-electron chi connectivity index (χ2n) is 4.79. The largest absolute Gasteiger partial charge is 0.490 e. The molecule has 0 radical (unpaired) electrons. The Labute approximate surface area is 132 Å². The first-order valence-corrected chi connectivity index (χ1v) is 7.15. The first-order chi connectivity index (χ1) is 11.0. The Balaban J connectivity index is 2.41. The van der Waals surface area contributed by atoms with Crippen LogP contribution in [0.1, 0.15) is 30.1 Å². The molecule has 2 rings (SSSR count). The fraction of sp³-hybridized carbons (Fsp3) is 0.235. The van der Waals surface area contributed by atoms with E-state index in [2.05, 4.69) is 0 Å². The minimum atomic E-state index is -1.25. The van der Waals surface area contributed by atoms with Crippen molar-refractivity contribution in [1.82, 2.24) is 0 Å². The second-order valence-corrected chi connectivity index (χ2v) is 4.79. The number of halogens is 2. The number of aromatic carboxylic acids is 1. The molecule has 6 heteroatoms. The maximum atomic E-state index is 13.8. The third-order valence-electron chi connectivity index (χ3n) is 3.09. The van der Waals surface area contributed by atoms with Gasteiger partial charge >= 0.3 is 5.97 Å². The summed E-state index contributed by atoms with van der Waals surface area (Å²) in [5.74, 6) is -3.91. The Bertz CT molecular complexity index is 701. The van der Waals surface area contributed by atoms with Crippen molar-refractivity contribution >= 4 is 5.97 Å². The summed E-state index contributed by atoms with van der Waals surface area (Å²) in [6.45, 7) is 2.35. The summed E-state index contributed by atoms with van der Waals surface area (Å²) in [5.41, 5.74) is -0.192. The van der Waals surface area contributed by atoms with Crippen LogP contribution in [0.15, 0.2) is 36.4 Å². The summed E-state index contributed by atoms with van der Waals surface area (Å²) >= 11 is 0. The van der Waals surface area contributed by atoms with Gasteiger partial charge in [0.25, 0.3) is 0 Å². The van der Waals surface area contributed by atoms with Crippen LogP contribution in [0.3, 0.4) is 0 Å². The Kier molecular flexibility index (Phi) is 5.51. The molecule has 0 saturated heterocycles. The summed E-state index contributed by atoms with van der Waals surface area (Å²) in [5, 5.41) is 9.26. The van der Waals surface area contributed by atoms with Crippen LogP contribution in [-0.2, 0) is 0 Å². The fourth-order valence-electron chi connectivity index (χ4n) is 1.90. The molecule has 0 unspecified atom stereocenters. The minimum Gasteiger partial charge on any atom is -0.490 e.